The zero-order valence-corrected chi connectivity index (χ0v) is 17.7. The zero-order valence-electron chi connectivity index (χ0n) is 17.7. The molecule has 4 aromatic rings. The first-order chi connectivity index (χ1) is 15.9. The highest BCUT2D eigenvalue weighted by molar-refractivity contribution is 6.08. The van der Waals surface area contributed by atoms with E-state index in [0.29, 0.717) is 32.4 Å². The van der Waals surface area contributed by atoms with E-state index in [1.54, 1.807) is 84.3 Å². The van der Waals surface area contributed by atoms with Crippen molar-refractivity contribution in [2.24, 2.45) is 0 Å². The van der Waals surface area contributed by atoms with Crippen LogP contribution >= 0.6 is 0 Å². The van der Waals surface area contributed by atoms with Crippen LogP contribution < -0.4 is 16.2 Å². The summed E-state index contributed by atoms with van der Waals surface area (Å²) in [6, 6.07) is 22.2. The van der Waals surface area contributed by atoms with E-state index >= 15 is 0 Å². The molecular formula is C25H20N4O4. The van der Waals surface area contributed by atoms with E-state index in [1.807, 2.05) is 6.07 Å². The van der Waals surface area contributed by atoms with Gasteiger partial charge in [-0.2, -0.15) is 5.01 Å². The van der Waals surface area contributed by atoms with Gasteiger partial charge in [0.2, 0.25) is 0 Å². The van der Waals surface area contributed by atoms with Gasteiger partial charge in [-0.25, -0.2) is 4.79 Å². The Labute approximate surface area is 188 Å². The number of rotatable bonds is 4. The lowest BCUT2D eigenvalue weighted by Gasteiger charge is -2.22. The van der Waals surface area contributed by atoms with Crippen LogP contribution in [-0.4, -0.2) is 27.4 Å². The number of urea groups is 1. The van der Waals surface area contributed by atoms with E-state index in [1.165, 1.54) is 0 Å². The molecule has 5 rings (SSSR count). The Morgan fingerprint density at radius 3 is 2.00 bits per heavy atom. The average Bonchev–Trinajstić information content (AvgIpc) is 3.06. The summed E-state index contributed by atoms with van der Waals surface area (Å²) in [5.41, 5.74) is 2.80. The van der Waals surface area contributed by atoms with Crippen molar-refractivity contribution in [2.45, 2.75) is 19.0 Å². The van der Waals surface area contributed by atoms with Crippen LogP contribution in [0.4, 0.5) is 4.79 Å². The fourth-order valence-electron chi connectivity index (χ4n) is 4.26. The smallest absolute Gasteiger partial charge is 0.331 e. The number of carbonyl (C=O) groups excluding carboxylic acids is 3. The van der Waals surface area contributed by atoms with Gasteiger partial charge < -0.3 is 9.88 Å². The number of amides is 4. The molecule has 0 saturated carbocycles. The number of nitrogens with zero attached hydrogens (tertiary/aromatic N) is 2. The van der Waals surface area contributed by atoms with Crippen molar-refractivity contribution in [2.75, 3.05) is 0 Å². The van der Waals surface area contributed by atoms with Crippen LogP contribution in [0.15, 0.2) is 83.7 Å². The van der Waals surface area contributed by atoms with E-state index in [0.717, 1.165) is 0 Å². The molecule has 0 unspecified atom stereocenters. The molecule has 1 aliphatic heterocycles. The topological polar surface area (TPSA) is 101 Å². The Balaban J connectivity index is 1.48. The Hall–Kier alpha value is -4.46. The number of pyridine rings is 1. The van der Waals surface area contributed by atoms with Crippen molar-refractivity contribution < 1.29 is 14.4 Å². The minimum atomic E-state index is -1.29. The minimum absolute atomic E-state index is 0.120. The van der Waals surface area contributed by atoms with Gasteiger partial charge >= 0.3 is 6.03 Å². The van der Waals surface area contributed by atoms with E-state index in [9.17, 15) is 19.2 Å². The molecule has 0 aliphatic carbocycles. The molecule has 4 amide bonds. The Kier molecular flexibility index (Phi) is 4.70. The summed E-state index contributed by atoms with van der Waals surface area (Å²) in [6.07, 6.45) is 0. The van der Waals surface area contributed by atoms with Crippen LogP contribution in [-0.2, 0) is 21.7 Å². The molecule has 8 nitrogen and oxygen atoms in total. The lowest BCUT2D eigenvalue weighted by molar-refractivity contribution is -0.139. The van der Waals surface area contributed by atoms with Crippen LogP contribution in [0.5, 0.6) is 0 Å². The second-order valence-corrected chi connectivity index (χ2v) is 8.05. The van der Waals surface area contributed by atoms with Crippen molar-refractivity contribution in [1.82, 2.24) is 20.3 Å². The molecule has 3 aromatic carbocycles. The second-order valence-electron chi connectivity index (χ2n) is 8.05. The molecule has 0 spiro atoms. The summed E-state index contributed by atoms with van der Waals surface area (Å²) < 4.78 is 1.70. The molecule has 33 heavy (non-hydrogen) atoms. The molecule has 1 aliphatic rings. The third kappa shape index (κ3) is 3.23. The highest BCUT2D eigenvalue weighted by Crippen LogP contribution is 2.27. The third-order valence-electron chi connectivity index (χ3n) is 5.96. The first kappa shape index (κ1) is 20.4. The van der Waals surface area contributed by atoms with E-state index < -0.39 is 23.4 Å². The number of aromatic nitrogens is 1. The van der Waals surface area contributed by atoms with Gasteiger partial charge in [-0.05, 0) is 36.8 Å². The van der Waals surface area contributed by atoms with Crippen molar-refractivity contribution in [3.05, 3.63) is 94.6 Å². The number of para-hydroxylation sites is 2. The van der Waals surface area contributed by atoms with Crippen molar-refractivity contribution in [3.63, 3.8) is 0 Å². The fourth-order valence-corrected chi connectivity index (χ4v) is 4.26. The fraction of sp³-hybridized carbons (Fsp3) is 0.120. The molecule has 8 heteroatoms. The molecule has 1 aromatic heterocycles. The molecule has 2 heterocycles. The maximum atomic E-state index is 13.1. The van der Waals surface area contributed by atoms with Crippen molar-refractivity contribution in [1.29, 1.82) is 0 Å². The third-order valence-corrected chi connectivity index (χ3v) is 5.96. The van der Waals surface area contributed by atoms with Gasteiger partial charge in [0.25, 0.3) is 11.8 Å². The monoisotopic (exact) mass is 440 g/mol. The average molecular weight is 440 g/mol. The van der Waals surface area contributed by atoms with Crippen molar-refractivity contribution in [3.8, 4) is 0 Å². The first-order valence-corrected chi connectivity index (χ1v) is 10.4. The number of benzene rings is 3. The van der Waals surface area contributed by atoms with Gasteiger partial charge in [-0.3, -0.25) is 19.8 Å². The number of imide groups is 1. The maximum Gasteiger partial charge on any atom is 0.344 e. The Morgan fingerprint density at radius 2 is 1.39 bits per heavy atom. The Morgan fingerprint density at radius 1 is 0.848 bits per heavy atom. The second kappa shape index (κ2) is 7.59. The summed E-state index contributed by atoms with van der Waals surface area (Å²) in [5, 5.41) is 4.33. The quantitative estimate of drug-likeness (QED) is 0.376. The zero-order chi connectivity index (χ0) is 23.2. The summed E-state index contributed by atoms with van der Waals surface area (Å²) in [6.45, 7) is 1.40. The lowest BCUT2D eigenvalue weighted by Crippen LogP contribution is -2.48. The number of hydrogen-bond donors (Lipinski definition) is 2. The molecule has 0 bridgehead atoms. The van der Waals surface area contributed by atoms with Crippen LogP contribution in [0.3, 0.4) is 0 Å². The summed E-state index contributed by atoms with van der Waals surface area (Å²) in [5.74, 6) is -1.16. The highest BCUT2D eigenvalue weighted by atomic mass is 16.2. The SMILES string of the molecule is C[C@@]1(c2ccccc2)NC(=O)N(NC(=O)Cn2c3ccccc3c(=O)c3ccccc32)C1=O. The summed E-state index contributed by atoms with van der Waals surface area (Å²) in [4.78, 5) is 51.5. The predicted octanol–water partition coefficient (Wildman–Crippen LogP) is 2.65. The number of fused-ring (bicyclic) bond motifs is 2. The number of carbonyl (C=O) groups is 3. The van der Waals surface area contributed by atoms with Crippen molar-refractivity contribution >= 4 is 39.7 Å². The molecule has 2 N–H and O–H groups in total. The molecule has 1 saturated heterocycles. The lowest BCUT2D eigenvalue weighted by atomic mass is 9.92. The Bertz CT molecular complexity index is 1440. The van der Waals surface area contributed by atoms with E-state index in [2.05, 4.69) is 10.7 Å². The first-order valence-electron chi connectivity index (χ1n) is 10.4. The van der Waals surface area contributed by atoms with Gasteiger partial charge in [-0.15, -0.1) is 0 Å². The standard InChI is InChI=1S/C25H20N4O4/c1-25(16-9-3-2-4-10-16)23(32)29(24(33)26-25)27-21(30)15-28-19-13-7-5-11-17(19)22(31)18-12-6-8-14-20(18)28/h2-14H,15H2,1H3,(H,26,33)(H,27,30)/t25-/m0/s1. The minimum Gasteiger partial charge on any atom is -0.331 e. The highest BCUT2D eigenvalue weighted by Gasteiger charge is 2.49. The van der Waals surface area contributed by atoms with Gasteiger partial charge in [0, 0.05) is 10.8 Å². The van der Waals surface area contributed by atoms with Crippen LogP contribution in [0.25, 0.3) is 21.8 Å². The van der Waals surface area contributed by atoms with Crippen LogP contribution in [0.2, 0.25) is 0 Å². The number of hydrogen-bond acceptors (Lipinski definition) is 4. The van der Waals surface area contributed by atoms with E-state index in [-0.39, 0.29) is 12.0 Å². The normalized spacial score (nSPS) is 18.0. The number of hydrazine groups is 1. The molecular weight excluding hydrogens is 420 g/mol. The molecule has 0 radical (unpaired) electrons. The largest absolute Gasteiger partial charge is 0.344 e. The summed E-state index contributed by atoms with van der Waals surface area (Å²) >= 11 is 0. The van der Waals surface area contributed by atoms with Crippen LogP contribution in [0.1, 0.15) is 12.5 Å². The van der Waals surface area contributed by atoms with Crippen LogP contribution in [0, 0.1) is 0 Å². The maximum absolute atomic E-state index is 13.1. The van der Waals surface area contributed by atoms with Gasteiger partial charge in [0.05, 0.1) is 11.0 Å². The molecule has 1 fully saturated rings. The van der Waals surface area contributed by atoms with Gasteiger partial charge in [0.15, 0.2) is 5.43 Å². The van der Waals surface area contributed by atoms with Gasteiger partial charge in [-0.1, -0.05) is 54.6 Å². The molecule has 164 valence electrons. The van der Waals surface area contributed by atoms with E-state index in [4.69, 9.17) is 0 Å². The molecule has 1 atom stereocenters. The summed E-state index contributed by atoms with van der Waals surface area (Å²) in [7, 11) is 0. The van der Waals surface area contributed by atoms with Gasteiger partial charge in [0.1, 0.15) is 12.1 Å². The predicted molar refractivity (Wildman–Crippen MR) is 123 cm³/mol. The number of nitrogens with one attached hydrogen (secondary N) is 2.